The maximum Gasteiger partial charge on any atom is 0.270 e. The Kier molecular flexibility index (Phi) is 8.48. The van der Waals surface area contributed by atoms with Crippen molar-refractivity contribution < 1.29 is 26.4 Å². The molecule has 0 radical (unpaired) electrons. The number of hydrogen-bond acceptors (Lipinski definition) is 6. The Balaban J connectivity index is 2.00. The first-order valence-corrected chi connectivity index (χ1v) is 15.0. The van der Waals surface area contributed by atoms with Crippen molar-refractivity contribution in [2.45, 2.75) is 63.2 Å². The Bertz CT molecular complexity index is 1410. The Morgan fingerprint density at radius 2 is 0.789 bits per heavy atom. The van der Waals surface area contributed by atoms with Crippen molar-refractivity contribution >= 4 is 43.2 Å². The van der Waals surface area contributed by atoms with E-state index < -0.39 is 31.9 Å². The molecule has 0 bridgehead atoms. The fraction of sp³-hybridized carbons (Fsp3) is 0.286. The van der Waals surface area contributed by atoms with Gasteiger partial charge < -0.3 is 0 Å². The first-order chi connectivity index (χ1) is 17.7. The Hall–Kier alpha value is -3.50. The number of benzene rings is 3. The Morgan fingerprint density at radius 3 is 1.00 bits per heavy atom. The fourth-order valence-electron chi connectivity index (χ4n) is 3.96. The third-order valence-electron chi connectivity index (χ3n) is 6.06. The second kappa shape index (κ2) is 11.1. The molecule has 0 unspecified atom stereocenters. The van der Waals surface area contributed by atoms with Crippen LogP contribution >= 0.6 is 0 Å². The van der Waals surface area contributed by atoms with E-state index in [2.05, 4.69) is 0 Å². The van der Waals surface area contributed by atoms with Crippen molar-refractivity contribution in [3.63, 3.8) is 0 Å². The molecule has 0 N–H and O–H groups in total. The molecule has 202 valence electrons. The van der Waals surface area contributed by atoms with Crippen LogP contribution in [-0.4, -0.2) is 28.6 Å². The van der Waals surface area contributed by atoms with E-state index in [-0.39, 0.29) is 33.0 Å². The van der Waals surface area contributed by atoms with E-state index in [0.29, 0.717) is 8.61 Å². The van der Waals surface area contributed by atoms with Crippen LogP contribution in [0.2, 0.25) is 0 Å². The smallest absolute Gasteiger partial charge is 0.270 e. The van der Waals surface area contributed by atoms with Crippen LogP contribution in [0.4, 0.5) is 11.4 Å². The van der Waals surface area contributed by atoms with E-state index in [4.69, 9.17) is 0 Å². The molecule has 3 rings (SSSR count). The number of anilines is 2. The lowest BCUT2D eigenvalue weighted by Crippen LogP contribution is -2.36. The topological polar surface area (TPSA) is 109 Å². The highest BCUT2D eigenvalue weighted by Gasteiger charge is 2.31. The number of carbonyl (C=O) groups is 2. The van der Waals surface area contributed by atoms with Crippen LogP contribution in [0.15, 0.2) is 82.6 Å². The van der Waals surface area contributed by atoms with Crippen molar-refractivity contribution in [3.05, 3.63) is 83.9 Å². The van der Waals surface area contributed by atoms with Crippen LogP contribution < -0.4 is 8.61 Å². The second-order valence-corrected chi connectivity index (χ2v) is 13.1. The highest BCUT2D eigenvalue weighted by atomic mass is 32.2. The molecule has 0 aliphatic rings. The fourth-order valence-corrected chi connectivity index (χ4v) is 6.82. The van der Waals surface area contributed by atoms with Crippen LogP contribution in [0, 0.1) is 0 Å². The van der Waals surface area contributed by atoms with Crippen molar-refractivity contribution in [1.29, 1.82) is 0 Å². The summed E-state index contributed by atoms with van der Waals surface area (Å²) in [6, 6.07) is 17.8. The van der Waals surface area contributed by atoms with Gasteiger partial charge in [-0.15, -0.1) is 0 Å². The van der Waals surface area contributed by atoms with Crippen LogP contribution in [0.25, 0.3) is 0 Å². The van der Waals surface area contributed by atoms with Crippen LogP contribution in [0.5, 0.6) is 0 Å². The van der Waals surface area contributed by atoms with Gasteiger partial charge in [0.25, 0.3) is 20.0 Å². The van der Waals surface area contributed by atoms with E-state index in [1.807, 2.05) is 27.7 Å². The average molecular weight is 557 g/mol. The summed E-state index contributed by atoms with van der Waals surface area (Å²) < 4.78 is 54.7. The molecular formula is C28H32N2O6S2. The average Bonchev–Trinajstić information content (AvgIpc) is 2.84. The summed E-state index contributed by atoms with van der Waals surface area (Å²) >= 11 is 0. The molecular weight excluding hydrogens is 524 g/mol. The molecule has 10 heteroatoms. The van der Waals surface area contributed by atoms with Gasteiger partial charge in [0.15, 0.2) is 0 Å². The number of amides is 2. The molecule has 3 aromatic carbocycles. The predicted molar refractivity (Wildman–Crippen MR) is 148 cm³/mol. The molecule has 0 aromatic heterocycles. The van der Waals surface area contributed by atoms with Gasteiger partial charge in [-0.05, 0) is 71.5 Å². The van der Waals surface area contributed by atoms with Crippen molar-refractivity contribution in [3.8, 4) is 0 Å². The number of rotatable bonds is 8. The highest BCUT2D eigenvalue weighted by Crippen LogP contribution is 2.30. The monoisotopic (exact) mass is 556 g/mol. The zero-order valence-electron chi connectivity index (χ0n) is 22.2. The quantitative estimate of drug-likeness (QED) is 0.367. The van der Waals surface area contributed by atoms with Gasteiger partial charge in [-0.1, -0.05) is 52.0 Å². The van der Waals surface area contributed by atoms with E-state index in [1.165, 1.54) is 48.5 Å². The van der Waals surface area contributed by atoms with Crippen molar-refractivity contribution in [2.75, 3.05) is 8.61 Å². The molecule has 0 aliphatic heterocycles. The van der Waals surface area contributed by atoms with Gasteiger partial charge in [0, 0.05) is 13.8 Å². The zero-order valence-corrected chi connectivity index (χ0v) is 23.9. The molecule has 2 amide bonds. The summed E-state index contributed by atoms with van der Waals surface area (Å²) in [6.07, 6.45) is 0. The Labute approximate surface area is 225 Å². The molecule has 0 spiro atoms. The zero-order chi connectivity index (χ0) is 28.4. The molecule has 8 nitrogen and oxygen atoms in total. The third-order valence-corrected chi connectivity index (χ3v) is 9.69. The molecule has 0 saturated carbocycles. The predicted octanol–water partition coefficient (Wildman–Crippen LogP) is 5.42. The molecule has 0 heterocycles. The maximum atomic E-state index is 13.3. The molecule has 0 saturated heterocycles. The van der Waals surface area contributed by atoms with E-state index in [1.54, 1.807) is 24.3 Å². The minimum absolute atomic E-state index is 0.0105. The first-order valence-electron chi connectivity index (χ1n) is 12.1. The van der Waals surface area contributed by atoms with Gasteiger partial charge in [0.1, 0.15) is 0 Å². The number of nitrogens with zero attached hydrogens (tertiary/aromatic N) is 2. The molecule has 38 heavy (non-hydrogen) atoms. The highest BCUT2D eigenvalue weighted by molar-refractivity contribution is 7.94. The van der Waals surface area contributed by atoms with Crippen LogP contribution in [-0.2, 0) is 29.6 Å². The number of carbonyl (C=O) groups excluding carboxylic acids is 2. The van der Waals surface area contributed by atoms with Crippen molar-refractivity contribution in [1.82, 2.24) is 0 Å². The minimum Gasteiger partial charge on any atom is -0.274 e. The summed E-state index contributed by atoms with van der Waals surface area (Å²) in [5.74, 6) is -1.08. The lowest BCUT2D eigenvalue weighted by atomic mass is 10.0. The third kappa shape index (κ3) is 5.81. The molecule has 3 aromatic rings. The van der Waals surface area contributed by atoms with Gasteiger partial charge >= 0.3 is 0 Å². The number of hydrogen-bond donors (Lipinski definition) is 0. The lowest BCUT2D eigenvalue weighted by Gasteiger charge is -2.24. The van der Waals surface area contributed by atoms with Crippen molar-refractivity contribution in [2.24, 2.45) is 0 Å². The summed E-state index contributed by atoms with van der Waals surface area (Å²) in [4.78, 5) is 24.8. The summed E-state index contributed by atoms with van der Waals surface area (Å²) in [6.45, 7) is 10.2. The lowest BCUT2D eigenvalue weighted by molar-refractivity contribution is -0.116. The first kappa shape index (κ1) is 29.1. The van der Waals surface area contributed by atoms with Gasteiger partial charge in [-0.25, -0.2) is 25.4 Å². The largest absolute Gasteiger partial charge is 0.274 e. The maximum absolute atomic E-state index is 13.3. The van der Waals surface area contributed by atoms with Gasteiger partial charge in [0.2, 0.25) is 11.8 Å². The Morgan fingerprint density at radius 1 is 0.526 bits per heavy atom. The summed E-state index contributed by atoms with van der Waals surface area (Å²) in [5.41, 5.74) is 1.92. The van der Waals surface area contributed by atoms with E-state index >= 15 is 0 Å². The normalized spacial score (nSPS) is 12.0. The summed E-state index contributed by atoms with van der Waals surface area (Å²) in [5, 5.41) is 0. The van der Waals surface area contributed by atoms with E-state index in [9.17, 15) is 26.4 Å². The second-order valence-electron chi connectivity index (χ2n) is 9.54. The van der Waals surface area contributed by atoms with Gasteiger partial charge in [-0.3, -0.25) is 9.59 Å². The van der Waals surface area contributed by atoms with E-state index in [0.717, 1.165) is 25.0 Å². The van der Waals surface area contributed by atoms with Gasteiger partial charge in [0.05, 0.1) is 21.2 Å². The summed E-state index contributed by atoms with van der Waals surface area (Å²) in [7, 11) is -8.49. The molecule has 0 aliphatic carbocycles. The molecule has 0 atom stereocenters. The van der Waals surface area contributed by atoms with Crippen LogP contribution in [0.3, 0.4) is 0 Å². The SMILES string of the molecule is CC(=O)N(c1ccc(N(C(C)=O)S(=O)(=O)c2ccc(C(C)C)cc2)cc1)S(=O)(=O)c1ccc(C(C)C)cc1. The van der Waals surface area contributed by atoms with Crippen LogP contribution in [0.1, 0.15) is 64.5 Å². The number of sulfonamides is 2. The minimum atomic E-state index is -4.24. The van der Waals surface area contributed by atoms with Gasteiger partial charge in [-0.2, -0.15) is 0 Å². The standard InChI is InChI=1S/C28H32N2O6S2/c1-19(2)23-7-15-27(16-8-23)37(33,34)29(21(5)31)25-11-13-26(14-12-25)30(22(6)32)38(35,36)28-17-9-24(10-18-28)20(3)4/h7-20H,1-6H3. The molecule has 0 fully saturated rings.